The maximum absolute atomic E-state index is 12.4. The van der Waals surface area contributed by atoms with Crippen molar-refractivity contribution in [1.29, 1.82) is 0 Å². The minimum atomic E-state index is -0.198. The van der Waals surface area contributed by atoms with Gasteiger partial charge in [0.1, 0.15) is 5.52 Å². The van der Waals surface area contributed by atoms with Gasteiger partial charge in [0.2, 0.25) is 5.89 Å². The zero-order valence-electron chi connectivity index (χ0n) is 17.5. The monoisotopic (exact) mass is 433 g/mol. The van der Waals surface area contributed by atoms with Crippen LogP contribution in [0.15, 0.2) is 108 Å². The van der Waals surface area contributed by atoms with Crippen LogP contribution in [0.3, 0.4) is 0 Å². The lowest BCUT2D eigenvalue weighted by Crippen LogP contribution is -2.11. The van der Waals surface area contributed by atoms with Gasteiger partial charge >= 0.3 is 0 Å². The van der Waals surface area contributed by atoms with Crippen LogP contribution in [0.1, 0.15) is 20.7 Å². The molecule has 0 fully saturated rings. The summed E-state index contributed by atoms with van der Waals surface area (Å²) in [7, 11) is 0. The molecule has 1 aromatic heterocycles. The Morgan fingerprint density at radius 2 is 1.24 bits per heavy atom. The minimum absolute atomic E-state index is 0.191. The first-order valence-electron chi connectivity index (χ1n) is 10.4. The second-order valence-corrected chi connectivity index (χ2v) is 7.42. The molecule has 5 rings (SSSR count). The van der Waals surface area contributed by atoms with Crippen LogP contribution in [0.25, 0.3) is 22.6 Å². The molecule has 5 aromatic rings. The molecule has 6 nitrogen and oxygen atoms in total. The Morgan fingerprint density at radius 3 is 1.88 bits per heavy atom. The van der Waals surface area contributed by atoms with E-state index in [4.69, 9.17) is 4.42 Å². The van der Waals surface area contributed by atoms with E-state index in [1.165, 1.54) is 0 Å². The lowest BCUT2D eigenvalue weighted by Gasteiger charge is -2.06. The second-order valence-electron chi connectivity index (χ2n) is 7.42. The summed E-state index contributed by atoms with van der Waals surface area (Å²) in [6.07, 6.45) is 0. The molecular weight excluding hydrogens is 414 g/mol. The van der Waals surface area contributed by atoms with Gasteiger partial charge in [-0.15, -0.1) is 0 Å². The van der Waals surface area contributed by atoms with Crippen LogP contribution in [-0.4, -0.2) is 16.8 Å². The van der Waals surface area contributed by atoms with E-state index in [1.807, 2.05) is 60.7 Å². The van der Waals surface area contributed by atoms with Gasteiger partial charge < -0.3 is 15.1 Å². The number of aromatic nitrogens is 1. The van der Waals surface area contributed by atoms with E-state index in [9.17, 15) is 9.59 Å². The standard InChI is InChI=1S/C27H19N3O3/c31-25(18-8-3-1-4-9-18)28-21-13-7-12-20(16-21)27-30-23-15-14-22(17-24(23)33-27)29-26(32)19-10-5-2-6-11-19/h1-17H,(H,28,31)(H,29,32). The van der Waals surface area contributed by atoms with Crippen LogP contribution in [0.5, 0.6) is 0 Å². The zero-order valence-corrected chi connectivity index (χ0v) is 17.5. The Morgan fingerprint density at radius 1 is 0.636 bits per heavy atom. The molecule has 4 aromatic carbocycles. The van der Waals surface area contributed by atoms with Crippen molar-refractivity contribution < 1.29 is 14.0 Å². The number of benzene rings is 4. The molecule has 0 saturated carbocycles. The molecule has 2 N–H and O–H groups in total. The topological polar surface area (TPSA) is 84.2 Å². The lowest BCUT2D eigenvalue weighted by atomic mass is 10.1. The third-order valence-electron chi connectivity index (χ3n) is 5.09. The fourth-order valence-electron chi connectivity index (χ4n) is 3.44. The number of amides is 2. The normalized spacial score (nSPS) is 10.7. The maximum atomic E-state index is 12.4. The van der Waals surface area contributed by atoms with Crippen molar-refractivity contribution in [3.8, 4) is 11.5 Å². The van der Waals surface area contributed by atoms with Gasteiger partial charge in [-0.2, -0.15) is 0 Å². The molecule has 1 heterocycles. The first kappa shape index (κ1) is 20.2. The average Bonchev–Trinajstić information content (AvgIpc) is 3.29. The molecular formula is C27H19N3O3. The Labute approximate surface area is 189 Å². The number of rotatable bonds is 5. The number of anilines is 2. The highest BCUT2D eigenvalue weighted by Crippen LogP contribution is 2.28. The fourth-order valence-corrected chi connectivity index (χ4v) is 3.44. The van der Waals surface area contributed by atoms with Crippen molar-refractivity contribution in [2.24, 2.45) is 0 Å². The summed E-state index contributed by atoms with van der Waals surface area (Å²) in [5, 5.41) is 5.76. The van der Waals surface area contributed by atoms with Gasteiger partial charge in [-0.25, -0.2) is 4.98 Å². The molecule has 0 radical (unpaired) electrons. The van der Waals surface area contributed by atoms with Crippen LogP contribution >= 0.6 is 0 Å². The van der Waals surface area contributed by atoms with Crippen molar-refractivity contribution in [2.75, 3.05) is 10.6 Å². The molecule has 33 heavy (non-hydrogen) atoms. The first-order valence-corrected chi connectivity index (χ1v) is 10.4. The van der Waals surface area contributed by atoms with Crippen LogP contribution in [0.4, 0.5) is 11.4 Å². The molecule has 0 spiro atoms. The number of oxazole rings is 1. The number of carbonyl (C=O) groups excluding carboxylic acids is 2. The molecule has 2 amide bonds. The number of nitrogens with one attached hydrogen (secondary N) is 2. The molecule has 0 atom stereocenters. The molecule has 0 unspecified atom stereocenters. The third-order valence-corrected chi connectivity index (χ3v) is 5.09. The van der Waals surface area contributed by atoms with Crippen LogP contribution in [0.2, 0.25) is 0 Å². The summed E-state index contributed by atoms with van der Waals surface area (Å²) in [6, 6.07) is 30.7. The summed E-state index contributed by atoms with van der Waals surface area (Å²) < 4.78 is 5.95. The molecule has 0 aliphatic heterocycles. The Hall–Kier alpha value is -4.71. The third kappa shape index (κ3) is 4.50. The summed E-state index contributed by atoms with van der Waals surface area (Å²) in [5.41, 5.74) is 4.35. The lowest BCUT2D eigenvalue weighted by molar-refractivity contribution is 0.101. The molecule has 160 valence electrons. The predicted octanol–water partition coefficient (Wildman–Crippen LogP) is 6.00. The van der Waals surface area contributed by atoms with E-state index >= 15 is 0 Å². The smallest absolute Gasteiger partial charge is 0.255 e. The number of hydrogen-bond donors (Lipinski definition) is 2. The van der Waals surface area contributed by atoms with E-state index in [-0.39, 0.29) is 11.8 Å². The Balaban J connectivity index is 1.36. The number of fused-ring (bicyclic) bond motifs is 1. The molecule has 6 heteroatoms. The second kappa shape index (κ2) is 8.80. The van der Waals surface area contributed by atoms with Gasteiger partial charge in [-0.3, -0.25) is 9.59 Å². The first-order chi connectivity index (χ1) is 16.2. The summed E-state index contributed by atoms with van der Waals surface area (Å²) in [6.45, 7) is 0. The summed E-state index contributed by atoms with van der Waals surface area (Å²) in [5.74, 6) is 0.0352. The van der Waals surface area contributed by atoms with Gasteiger partial charge in [-0.1, -0.05) is 42.5 Å². The number of hydrogen-bond acceptors (Lipinski definition) is 4. The summed E-state index contributed by atoms with van der Waals surface area (Å²) >= 11 is 0. The molecule has 0 saturated heterocycles. The van der Waals surface area contributed by atoms with Crippen LogP contribution in [0, 0.1) is 0 Å². The van der Waals surface area contributed by atoms with Gasteiger partial charge in [-0.05, 0) is 54.6 Å². The highest BCUT2D eigenvalue weighted by Gasteiger charge is 2.12. The Kier molecular flexibility index (Phi) is 5.39. The number of carbonyl (C=O) groups is 2. The molecule has 0 aliphatic carbocycles. The zero-order chi connectivity index (χ0) is 22.6. The largest absolute Gasteiger partial charge is 0.436 e. The van der Waals surface area contributed by atoms with E-state index < -0.39 is 0 Å². The van der Waals surface area contributed by atoms with Gasteiger partial charge in [0, 0.05) is 34.1 Å². The average molecular weight is 433 g/mol. The SMILES string of the molecule is O=C(Nc1cccc(-c2nc3ccc(NC(=O)c4ccccc4)cc3o2)c1)c1ccccc1. The number of nitrogens with zero attached hydrogens (tertiary/aromatic N) is 1. The van der Waals surface area contributed by atoms with Gasteiger partial charge in [0.05, 0.1) is 0 Å². The van der Waals surface area contributed by atoms with Crippen LogP contribution in [-0.2, 0) is 0 Å². The maximum Gasteiger partial charge on any atom is 0.255 e. The van der Waals surface area contributed by atoms with Crippen molar-refractivity contribution in [3.63, 3.8) is 0 Å². The van der Waals surface area contributed by atoms with E-state index in [0.717, 1.165) is 5.56 Å². The van der Waals surface area contributed by atoms with E-state index in [2.05, 4.69) is 15.6 Å². The molecule has 0 aliphatic rings. The van der Waals surface area contributed by atoms with Gasteiger partial charge in [0.15, 0.2) is 5.58 Å². The molecule has 0 bridgehead atoms. The highest BCUT2D eigenvalue weighted by molar-refractivity contribution is 6.05. The fraction of sp³-hybridized carbons (Fsp3) is 0. The van der Waals surface area contributed by atoms with Crippen molar-refractivity contribution >= 4 is 34.3 Å². The minimum Gasteiger partial charge on any atom is -0.436 e. The highest BCUT2D eigenvalue weighted by atomic mass is 16.3. The van der Waals surface area contributed by atoms with E-state index in [1.54, 1.807) is 42.5 Å². The van der Waals surface area contributed by atoms with Gasteiger partial charge in [0.25, 0.3) is 11.8 Å². The van der Waals surface area contributed by atoms with Crippen molar-refractivity contribution in [1.82, 2.24) is 4.98 Å². The predicted molar refractivity (Wildman–Crippen MR) is 128 cm³/mol. The van der Waals surface area contributed by atoms with E-state index in [0.29, 0.717) is 39.5 Å². The quantitative estimate of drug-likeness (QED) is 0.356. The summed E-state index contributed by atoms with van der Waals surface area (Å²) in [4.78, 5) is 29.4. The Bertz CT molecular complexity index is 1440. The van der Waals surface area contributed by atoms with Crippen molar-refractivity contribution in [2.45, 2.75) is 0 Å². The van der Waals surface area contributed by atoms with Crippen LogP contribution < -0.4 is 10.6 Å². The van der Waals surface area contributed by atoms with Crippen molar-refractivity contribution in [3.05, 3.63) is 114 Å².